The SMILES string of the molecule is C#CC(=O)N1CC2CCC(CNC(=O)N3Cc4ccc(C)cc4C3)C[C@H]2C1. The van der Waals surface area contributed by atoms with E-state index in [9.17, 15) is 9.59 Å². The Morgan fingerprint density at radius 2 is 1.93 bits per heavy atom. The number of aryl methyl sites for hydroxylation is 1. The summed E-state index contributed by atoms with van der Waals surface area (Å²) < 4.78 is 0. The molecular weight excluding hydrogens is 338 g/mol. The molecule has 142 valence electrons. The number of amides is 3. The Kier molecular flexibility index (Phi) is 4.82. The summed E-state index contributed by atoms with van der Waals surface area (Å²) in [5.74, 6) is 3.64. The van der Waals surface area contributed by atoms with Crippen LogP contribution >= 0.6 is 0 Å². The predicted octanol–water partition coefficient (Wildman–Crippen LogP) is 2.53. The maximum Gasteiger partial charge on any atom is 0.318 e. The topological polar surface area (TPSA) is 52.7 Å². The van der Waals surface area contributed by atoms with Crippen molar-refractivity contribution in [2.24, 2.45) is 17.8 Å². The zero-order chi connectivity index (χ0) is 19.0. The molecule has 0 spiro atoms. The van der Waals surface area contributed by atoms with E-state index in [1.54, 1.807) is 0 Å². The minimum Gasteiger partial charge on any atom is -0.338 e. The average Bonchev–Trinajstić information content (AvgIpc) is 3.28. The number of rotatable bonds is 2. The third kappa shape index (κ3) is 3.66. The van der Waals surface area contributed by atoms with Crippen LogP contribution in [-0.2, 0) is 17.9 Å². The highest BCUT2D eigenvalue weighted by molar-refractivity contribution is 5.93. The van der Waals surface area contributed by atoms with Crippen LogP contribution in [0.1, 0.15) is 36.0 Å². The Morgan fingerprint density at radius 3 is 2.74 bits per heavy atom. The van der Waals surface area contributed by atoms with Crippen molar-refractivity contribution >= 4 is 11.9 Å². The number of nitrogens with zero attached hydrogens (tertiary/aromatic N) is 2. The van der Waals surface area contributed by atoms with Crippen molar-refractivity contribution in [3.63, 3.8) is 0 Å². The maximum atomic E-state index is 12.6. The number of nitrogens with one attached hydrogen (secondary N) is 1. The van der Waals surface area contributed by atoms with Gasteiger partial charge >= 0.3 is 6.03 Å². The van der Waals surface area contributed by atoms with E-state index in [0.29, 0.717) is 30.8 Å². The van der Waals surface area contributed by atoms with Gasteiger partial charge < -0.3 is 15.1 Å². The summed E-state index contributed by atoms with van der Waals surface area (Å²) in [5, 5.41) is 3.14. The van der Waals surface area contributed by atoms with E-state index in [1.807, 2.05) is 9.80 Å². The molecule has 0 aromatic heterocycles. The second-order valence-electron chi connectivity index (χ2n) is 8.37. The monoisotopic (exact) mass is 365 g/mol. The first-order valence-electron chi connectivity index (χ1n) is 9.90. The number of hydrogen-bond acceptors (Lipinski definition) is 2. The minimum atomic E-state index is -0.182. The van der Waals surface area contributed by atoms with E-state index in [1.165, 1.54) is 16.7 Å². The molecule has 3 aliphatic rings. The van der Waals surface area contributed by atoms with Gasteiger partial charge in [0.2, 0.25) is 0 Å². The Labute approximate surface area is 161 Å². The molecule has 3 amide bonds. The van der Waals surface area contributed by atoms with E-state index in [2.05, 4.69) is 36.4 Å². The normalized spacial score (nSPS) is 26.3. The van der Waals surface area contributed by atoms with Crippen LogP contribution in [0.15, 0.2) is 18.2 Å². The van der Waals surface area contributed by atoms with E-state index in [0.717, 1.165) is 38.9 Å². The minimum absolute atomic E-state index is 0.0292. The molecule has 1 aromatic rings. The van der Waals surface area contributed by atoms with Gasteiger partial charge in [-0.3, -0.25) is 4.79 Å². The van der Waals surface area contributed by atoms with Gasteiger partial charge in [-0.05, 0) is 61.0 Å². The molecule has 27 heavy (non-hydrogen) atoms. The van der Waals surface area contributed by atoms with Gasteiger partial charge in [-0.15, -0.1) is 6.42 Å². The highest BCUT2D eigenvalue weighted by atomic mass is 16.2. The lowest BCUT2D eigenvalue weighted by molar-refractivity contribution is -0.124. The highest BCUT2D eigenvalue weighted by Crippen LogP contribution is 2.38. The standard InChI is InChI=1S/C22H27N3O2/c1-3-21(26)24-11-18-7-5-16(9-20(18)13-24)10-23-22(27)25-12-17-6-4-15(2)8-19(17)14-25/h1,4,6,8,16,18,20H,5,7,9-14H2,2H3,(H,23,27)/t16?,18?,20-/m0/s1. The third-order valence-electron chi connectivity index (χ3n) is 6.48. The van der Waals surface area contributed by atoms with E-state index >= 15 is 0 Å². The van der Waals surface area contributed by atoms with Crippen LogP contribution < -0.4 is 5.32 Å². The summed E-state index contributed by atoms with van der Waals surface area (Å²) in [6.07, 6.45) is 8.55. The number of likely N-dealkylation sites (tertiary alicyclic amines) is 1. The fourth-order valence-corrected chi connectivity index (χ4v) is 4.98. The number of terminal acetylenes is 1. The molecule has 3 atom stereocenters. The van der Waals surface area contributed by atoms with Crippen LogP contribution in [0, 0.1) is 37.0 Å². The molecule has 0 radical (unpaired) electrons. The number of carbonyl (C=O) groups excluding carboxylic acids is 2. The van der Waals surface area contributed by atoms with Crippen molar-refractivity contribution in [3.8, 4) is 12.3 Å². The lowest BCUT2D eigenvalue weighted by Gasteiger charge is -2.31. The first-order chi connectivity index (χ1) is 13.0. The highest BCUT2D eigenvalue weighted by Gasteiger charge is 2.39. The summed E-state index contributed by atoms with van der Waals surface area (Å²) in [4.78, 5) is 28.0. The van der Waals surface area contributed by atoms with Gasteiger partial charge in [0.25, 0.3) is 5.91 Å². The molecule has 2 fully saturated rings. The molecule has 1 aliphatic carbocycles. The van der Waals surface area contributed by atoms with Crippen LogP contribution in [0.5, 0.6) is 0 Å². The van der Waals surface area contributed by atoms with Gasteiger partial charge in [-0.1, -0.05) is 23.8 Å². The molecule has 5 nitrogen and oxygen atoms in total. The fourth-order valence-electron chi connectivity index (χ4n) is 4.98. The summed E-state index contributed by atoms with van der Waals surface area (Å²) in [6.45, 7) is 5.77. The Balaban J connectivity index is 1.26. The lowest BCUT2D eigenvalue weighted by Crippen LogP contribution is -2.40. The second kappa shape index (κ2) is 7.26. The Bertz CT molecular complexity index is 797. The lowest BCUT2D eigenvalue weighted by atomic mass is 9.76. The van der Waals surface area contributed by atoms with Crippen molar-refractivity contribution in [2.45, 2.75) is 39.3 Å². The molecule has 2 heterocycles. The van der Waals surface area contributed by atoms with Gasteiger partial charge in [0.05, 0.1) is 0 Å². The van der Waals surface area contributed by atoms with Crippen LogP contribution in [0.2, 0.25) is 0 Å². The smallest absolute Gasteiger partial charge is 0.318 e. The van der Waals surface area contributed by atoms with Gasteiger partial charge in [0.15, 0.2) is 0 Å². The fraction of sp³-hybridized carbons (Fsp3) is 0.545. The number of hydrogen-bond donors (Lipinski definition) is 1. The van der Waals surface area contributed by atoms with E-state index in [-0.39, 0.29) is 11.9 Å². The molecule has 4 rings (SSSR count). The Hall–Kier alpha value is -2.48. The van der Waals surface area contributed by atoms with Crippen molar-refractivity contribution < 1.29 is 9.59 Å². The van der Waals surface area contributed by atoms with Crippen molar-refractivity contribution in [1.82, 2.24) is 15.1 Å². The third-order valence-corrected chi connectivity index (χ3v) is 6.48. The van der Waals surface area contributed by atoms with Crippen molar-refractivity contribution in [1.29, 1.82) is 0 Å². The van der Waals surface area contributed by atoms with E-state index in [4.69, 9.17) is 6.42 Å². The molecular formula is C22H27N3O2. The van der Waals surface area contributed by atoms with Crippen LogP contribution in [0.25, 0.3) is 0 Å². The second-order valence-corrected chi connectivity index (χ2v) is 8.37. The first-order valence-corrected chi connectivity index (χ1v) is 9.90. The van der Waals surface area contributed by atoms with Crippen LogP contribution in [0.3, 0.4) is 0 Å². The summed E-state index contributed by atoms with van der Waals surface area (Å²) in [5.41, 5.74) is 3.75. The van der Waals surface area contributed by atoms with Crippen LogP contribution in [-0.4, -0.2) is 41.4 Å². The number of fused-ring (bicyclic) bond motifs is 2. The summed E-state index contributed by atoms with van der Waals surface area (Å²) in [6, 6.07) is 6.44. The molecule has 1 saturated carbocycles. The number of carbonyl (C=O) groups is 2. The Morgan fingerprint density at radius 1 is 1.15 bits per heavy atom. The first kappa shape index (κ1) is 17.9. The molecule has 2 unspecified atom stereocenters. The van der Waals surface area contributed by atoms with Crippen molar-refractivity contribution in [3.05, 3.63) is 34.9 Å². The molecule has 5 heteroatoms. The molecule has 1 N–H and O–H groups in total. The van der Waals surface area contributed by atoms with Crippen LogP contribution in [0.4, 0.5) is 4.79 Å². The summed E-state index contributed by atoms with van der Waals surface area (Å²) in [7, 11) is 0. The van der Waals surface area contributed by atoms with Crippen molar-refractivity contribution in [2.75, 3.05) is 19.6 Å². The molecule has 0 bridgehead atoms. The van der Waals surface area contributed by atoms with Gasteiger partial charge in [0.1, 0.15) is 0 Å². The average molecular weight is 365 g/mol. The zero-order valence-corrected chi connectivity index (χ0v) is 15.9. The van der Waals surface area contributed by atoms with E-state index < -0.39 is 0 Å². The summed E-state index contributed by atoms with van der Waals surface area (Å²) >= 11 is 0. The molecule has 2 aliphatic heterocycles. The quantitative estimate of drug-likeness (QED) is 0.819. The van der Waals surface area contributed by atoms with Gasteiger partial charge in [0, 0.05) is 32.7 Å². The number of urea groups is 1. The van der Waals surface area contributed by atoms with Gasteiger partial charge in [-0.2, -0.15) is 0 Å². The van der Waals surface area contributed by atoms with Gasteiger partial charge in [-0.25, -0.2) is 4.79 Å². The maximum absolute atomic E-state index is 12.6. The molecule has 1 aromatic carbocycles. The molecule has 1 saturated heterocycles. The predicted molar refractivity (Wildman–Crippen MR) is 104 cm³/mol. The largest absolute Gasteiger partial charge is 0.338 e. The zero-order valence-electron chi connectivity index (χ0n) is 15.9. The number of benzene rings is 1.